The van der Waals surface area contributed by atoms with E-state index in [1.807, 2.05) is 0 Å². The van der Waals surface area contributed by atoms with Crippen LogP contribution in [0.4, 0.5) is 11.4 Å². The molecule has 0 heterocycles. The Morgan fingerprint density at radius 1 is 1.44 bits per heavy atom. The average molecular weight is 267 g/mol. The Labute approximate surface area is 110 Å². The van der Waals surface area contributed by atoms with Gasteiger partial charge in [0.1, 0.15) is 0 Å². The Morgan fingerprint density at radius 2 is 2.17 bits per heavy atom. The second-order valence-corrected chi connectivity index (χ2v) is 3.81. The standard InChI is InChI=1S/C12H11ClN2O3/c1-14-10-4-3-8(7-9(10)13)15-11(16)5-6-12(17)18-2/h3-4,7H,5-6H2,2H3,(H,15,16). The van der Waals surface area contributed by atoms with Crippen molar-refractivity contribution >= 4 is 34.9 Å². The number of nitrogens with zero attached hydrogens (tertiary/aromatic N) is 1. The third-order valence-electron chi connectivity index (χ3n) is 2.14. The van der Waals surface area contributed by atoms with E-state index in [1.165, 1.54) is 19.2 Å². The SMILES string of the molecule is [C-]#[N+]c1ccc(NC(=O)CCC(=O)OC)cc1Cl. The molecule has 0 fully saturated rings. The van der Waals surface area contributed by atoms with Crippen LogP contribution in [0, 0.1) is 6.57 Å². The van der Waals surface area contributed by atoms with Crippen molar-refractivity contribution in [2.24, 2.45) is 0 Å². The van der Waals surface area contributed by atoms with Gasteiger partial charge < -0.3 is 10.1 Å². The molecular formula is C12H11ClN2O3. The highest BCUT2D eigenvalue weighted by Gasteiger charge is 2.08. The van der Waals surface area contributed by atoms with Gasteiger partial charge in [-0.15, -0.1) is 0 Å². The molecule has 0 aromatic heterocycles. The number of benzene rings is 1. The smallest absolute Gasteiger partial charge is 0.306 e. The van der Waals surface area contributed by atoms with Gasteiger partial charge in [-0.25, -0.2) is 4.85 Å². The number of methoxy groups -OCH3 is 1. The van der Waals surface area contributed by atoms with Crippen molar-refractivity contribution in [1.29, 1.82) is 0 Å². The second-order valence-electron chi connectivity index (χ2n) is 3.40. The minimum atomic E-state index is -0.438. The van der Waals surface area contributed by atoms with Crippen molar-refractivity contribution < 1.29 is 14.3 Å². The molecule has 1 aromatic carbocycles. The van der Waals surface area contributed by atoms with Crippen LogP contribution in [0.5, 0.6) is 0 Å². The quantitative estimate of drug-likeness (QED) is 0.673. The first-order valence-electron chi connectivity index (χ1n) is 5.10. The van der Waals surface area contributed by atoms with E-state index in [0.29, 0.717) is 11.4 Å². The molecule has 6 heteroatoms. The molecule has 0 unspecified atom stereocenters. The van der Waals surface area contributed by atoms with Gasteiger partial charge in [0.2, 0.25) is 11.6 Å². The highest BCUT2D eigenvalue weighted by atomic mass is 35.5. The fourth-order valence-electron chi connectivity index (χ4n) is 1.22. The minimum absolute atomic E-state index is 0.0240. The first-order valence-corrected chi connectivity index (χ1v) is 5.48. The zero-order chi connectivity index (χ0) is 13.5. The van der Waals surface area contributed by atoms with Gasteiger partial charge in [0.15, 0.2) is 0 Å². The summed E-state index contributed by atoms with van der Waals surface area (Å²) in [7, 11) is 1.27. The summed E-state index contributed by atoms with van der Waals surface area (Å²) >= 11 is 5.82. The maximum atomic E-state index is 11.5. The zero-order valence-corrected chi connectivity index (χ0v) is 10.5. The minimum Gasteiger partial charge on any atom is -0.469 e. The average Bonchev–Trinajstić information content (AvgIpc) is 2.36. The summed E-state index contributed by atoms with van der Waals surface area (Å²) in [6.07, 6.45) is 0.0606. The van der Waals surface area contributed by atoms with Gasteiger partial charge in [0.25, 0.3) is 0 Å². The van der Waals surface area contributed by atoms with Gasteiger partial charge in [-0.1, -0.05) is 17.7 Å². The number of carbonyl (C=O) groups is 2. The Morgan fingerprint density at radius 3 is 2.72 bits per heavy atom. The number of esters is 1. The predicted molar refractivity (Wildman–Crippen MR) is 67.6 cm³/mol. The van der Waals surface area contributed by atoms with E-state index >= 15 is 0 Å². The lowest BCUT2D eigenvalue weighted by molar-refractivity contribution is -0.141. The molecule has 5 nitrogen and oxygen atoms in total. The van der Waals surface area contributed by atoms with E-state index in [9.17, 15) is 9.59 Å². The van der Waals surface area contributed by atoms with Crippen molar-refractivity contribution in [1.82, 2.24) is 0 Å². The molecule has 0 radical (unpaired) electrons. The van der Waals surface area contributed by atoms with Gasteiger partial charge >= 0.3 is 5.97 Å². The van der Waals surface area contributed by atoms with Gasteiger partial charge in [0, 0.05) is 17.1 Å². The van der Waals surface area contributed by atoms with Gasteiger partial charge in [-0.05, 0) is 12.1 Å². The topological polar surface area (TPSA) is 59.8 Å². The number of hydrogen-bond acceptors (Lipinski definition) is 3. The first kappa shape index (κ1) is 14.0. The van der Waals surface area contributed by atoms with Crippen LogP contribution in [0.1, 0.15) is 12.8 Å². The van der Waals surface area contributed by atoms with Crippen LogP contribution in [0.15, 0.2) is 18.2 Å². The molecular weight excluding hydrogens is 256 g/mol. The van der Waals surface area contributed by atoms with Crippen LogP contribution in [-0.2, 0) is 14.3 Å². The first-order chi connectivity index (χ1) is 8.56. The second kappa shape index (κ2) is 6.62. The lowest BCUT2D eigenvalue weighted by Gasteiger charge is -2.05. The highest BCUT2D eigenvalue weighted by molar-refractivity contribution is 6.33. The Balaban J connectivity index is 2.58. The molecule has 18 heavy (non-hydrogen) atoms. The lowest BCUT2D eigenvalue weighted by Crippen LogP contribution is -2.13. The van der Waals surface area contributed by atoms with Crippen LogP contribution in [-0.4, -0.2) is 19.0 Å². The molecule has 0 bridgehead atoms. The summed E-state index contributed by atoms with van der Waals surface area (Å²) in [6, 6.07) is 4.59. The third kappa shape index (κ3) is 4.07. The number of ether oxygens (including phenoxy) is 1. The van der Waals surface area contributed by atoms with Crippen molar-refractivity contribution in [3.63, 3.8) is 0 Å². The van der Waals surface area contributed by atoms with Gasteiger partial charge in [-0.2, -0.15) is 0 Å². The monoisotopic (exact) mass is 266 g/mol. The zero-order valence-electron chi connectivity index (χ0n) is 9.70. The molecule has 1 aromatic rings. The maximum Gasteiger partial charge on any atom is 0.306 e. The molecule has 0 saturated heterocycles. The largest absolute Gasteiger partial charge is 0.469 e. The summed E-state index contributed by atoms with van der Waals surface area (Å²) in [6.45, 7) is 6.83. The number of nitrogens with one attached hydrogen (secondary N) is 1. The van der Waals surface area contributed by atoms with Gasteiger partial charge in [0.05, 0.1) is 20.1 Å². The Kier molecular flexibility index (Phi) is 5.15. The number of amides is 1. The highest BCUT2D eigenvalue weighted by Crippen LogP contribution is 2.27. The van der Waals surface area contributed by atoms with E-state index in [2.05, 4.69) is 14.9 Å². The van der Waals surface area contributed by atoms with Gasteiger partial charge in [-0.3, -0.25) is 9.59 Å². The molecule has 0 atom stereocenters. The predicted octanol–water partition coefficient (Wildman–Crippen LogP) is 2.78. The van der Waals surface area contributed by atoms with Crippen LogP contribution in [0.3, 0.4) is 0 Å². The summed E-state index contributed by atoms with van der Waals surface area (Å²) in [5.41, 5.74) is 0.812. The summed E-state index contributed by atoms with van der Waals surface area (Å²) < 4.78 is 4.43. The molecule has 0 spiro atoms. The van der Waals surface area contributed by atoms with E-state index in [0.717, 1.165) is 0 Å². The number of hydrogen-bond donors (Lipinski definition) is 1. The molecule has 1 N–H and O–H groups in total. The fourth-order valence-corrected chi connectivity index (χ4v) is 1.44. The van der Waals surface area contributed by atoms with Crippen molar-refractivity contribution in [3.8, 4) is 0 Å². The van der Waals surface area contributed by atoms with Crippen molar-refractivity contribution in [2.75, 3.05) is 12.4 Å². The number of carbonyl (C=O) groups excluding carboxylic acids is 2. The van der Waals surface area contributed by atoms with Crippen LogP contribution in [0.2, 0.25) is 5.02 Å². The van der Waals surface area contributed by atoms with Crippen LogP contribution < -0.4 is 5.32 Å². The lowest BCUT2D eigenvalue weighted by atomic mass is 10.2. The molecule has 0 aliphatic heterocycles. The summed E-state index contributed by atoms with van der Waals surface area (Å²) in [4.78, 5) is 25.5. The van der Waals surface area contributed by atoms with Crippen molar-refractivity contribution in [2.45, 2.75) is 12.8 Å². The Bertz CT molecular complexity index is 509. The molecule has 0 saturated carbocycles. The number of rotatable bonds is 4. The van der Waals surface area contributed by atoms with E-state index in [4.69, 9.17) is 18.2 Å². The third-order valence-corrected chi connectivity index (χ3v) is 2.44. The number of halogens is 1. The van der Waals surface area contributed by atoms with Crippen LogP contribution >= 0.6 is 11.6 Å². The molecule has 1 amide bonds. The van der Waals surface area contributed by atoms with Crippen LogP contribution in [0.25, 0.3) is 4.85 Å². The fraction of sp³-hybridized carbons (Fsp3) is 0.250. The number of anilines is 1. The summed E-state index contributed by atoms with van der Waals surface area (Å²) in [5.74, 6) is -0.751. The normalized spacial score (nSPS) is 9.39. The molecule has 94 valence electrons. The van der Waals surface area contributed by atoms with E-state index in [-0.39, 0.29) is 23.8 Å². The summed E-state index contributed by atoms with van der Waals surface area (Å²) in [5, 5.41) is 2.85. The molecule has 0 aliphatic rings. The van der Waals surface area contributed by atoms with E-state index < -0.39 is 5.97 Å². The maximum absolute atomic E-state index is 11.5. The van der Waals surface area contributed by atoms with E-state index in [1.54, 1.807) is 6.07 Å². The Hall–Kier alpha value is -2.06. The molecule has 1 rings (SSSR count). The molecule has 0 aliphatic carbocycles. The van der Waals surface area contributed by atoms with Crippen molar-refractivity contribution in [3.05, 3.63) is 34.6 Å².